The van der Waals surface area contributed by atoms with Crippen molar-refractivity contribution in [2.45, 2.75) is 38.2 Å². The number of nitrogens with zero attached hydrogens (tertiary/aromatic N) is 1. The van der Waals surface area contributed by atoms with Crippen LogP contribution < -0.4 is 5.32 Å². The molecular weight excluding hydrogens is 268 g/mol. The summed E-state index contributed by atoms with van der Waals surface area (Å²) in [6, 6.07) is 0. The van der Waals surface area contributed by atoms with Gasteiger partial charge >= 0.3 is 0 Å². The Morgan fingerprint density at radius 2 is 2.19 bits per heavy atom. The molecule has 5 nitrogen and oxygen atoms in total. The van der Waals surface area contributed by atoms with Crippen molar-refractivity contribution in [1.29, 1.82) is 0 Å². The zero-order valence-corrected chi connectivity index (χ0v) is 13.1. The number of nitrogens with one attached hydrogen (secondary N) is 1. The Balaban J connectivity index is 1.56. The molecule has 120 valence electrons. The maximum absolute atomic E-state index is 12.9. The van der Waals surface area contributed by atoms with Crippen molar-refractivity contribution in [2.24, 2.45) is 11.3 Å². The largest absolute Gasteiger partial charge is 0.384 e. The molecule has 21 heavy (non-hydrogen) atoms. The molecule has 0 aromatic heterocycles. The summed E-state index contributed by atoms with van der Waals surface area (Å²) in [5, 5.41) is 3.32. The van der Waals surface area contributed by atoms with Gasteiger partial charge in [-0.05, 0) is 44.6 Å². The van der Waals surface area contributed by atoms with Crippen molar-refractivity contribution < 1.29 is 14.3 Å². The van der Waals surface area contributed by atoms with Gasteiger partial charge in [-0.25, -0.2) is 0 Å². The molecule has 0 radical (unpaired) electrons. The second-order valence-corrected chi connectivity index (χ2v) is 6.82. The van der Waals surface area contributed by atoms with E-state index in [9.17, 15) is 4.79 Å². The van der Waals surface area contributed by atoms with Crippen LogP contribution in [0.3, 0.4) is 0 Å². The van der Waals surface area contributed by atoms with Gasteiger partial charge in [0.15, 0.2) is 0 Å². The molecule has 3 fully saturated rings. The molecule has 0 aromatic carbocycles. The standard InChI is InChI=1S/C16H28N2O3/c1-20-12-16(6-7-17-11-16)15(19)18-8-4-13(5-9-18)14-3-2-10-21-14/h13-14,17H,2-12H2,1H3. The SMILES string of the molecule is COCC1(C(=O)N2CCC(C3CCCO3)CC2)CCNC1. The minimum atomic E-state index is -0.328. The second kappa shape index (κ2) is 6.63. The number of ether oxygens (including phenoxy) is 2. The second-order valence-electron chi connectivity index (χ2n) is 6.82. The molecule has 1 N–H and O–H groups in total. The van der Waals surface area contributed by atoms with Gasteiger partial charge in [-0.3, -0.25) is 4.79 Å². The summed E-state index contributed by atoms with van der Waals surface area (Å²) in [6.45, 7) is 4.90. The monoisotopic (exact) mass is 296 g/mol. The number of rotatable bonds is 4. The third kappa shape index (κ3) is 3.10. The summed E-state index contributed by atoms with van der Waals surface area (Å²) in [5.74, 6) is 0.941. The van der Waals surface area contributed by atoms with Gasteiger partial charge in [0.1, 0.15) is 0 Å². The Labute approximate surface area is 127 Å². The van der Waals surface area contributed by atoms with Gasteiger partial charge in [0.2, 0.25) is 5.91 Å². The number of hydrogen-bond donors (Lipinski definition) is 1. The van der Waals surface area contributed by atoms with E-state index in [1.165, 1.54) is 12.8 Å². The fourth-order valence-electron chi connectivity index (χ4n) is 4.17. The topological polar surface area (TPSA) is 50.8 Å². The molecular formula is C16H28N2O3. The minimum Gasteiger partial charge on any atom is -0.384 e. The highest BCUT2D eigenvalue weighted by molar-refractivity contribution is 5.83. The average molecular weight is 296 g/mol. The zero-order chi connectivity index (χ0) is 14.7. The van der Waals surface area contributed by atoms with Crippen molar-refractivity contribution >= 4 is 5.91 Å². The van der Waals surface area contributed by atoms with Gasteiger partial charge in [0.25, 0.3) is 0 Å². The van der Waals surface area contributed by atoms with Gasteiger partial charge in [0, 0.05) is 33.4 Å². The number of piperidine rings is 1. The van der Waals surface area contributed by atoms with Gasteiger partial charge in [0.05, 0.1) is 18.1 Å². The van der Waals surface area contributed by atoms with E-state index in [1.807, 2.05) is 0 Å². The highest BCUT2D eigenvalue weighted by atomic mass is 16.5. The van der Waals surface area contributed by atoms with E-state index in [2.05, 4.69) is 10.2 Å². The van der Waals surface area contributed by atoms with Gasteiger partial charge in [-0.1, -0.05) is 0 Å². The molecule has 5 heteroatoms. The summed E-state index contributed by atoms with van der Waals surface area (Å²) in [4.78, 5) is 15.0. The lowest BCUT2D eigenvalue weighted by Crippen LogP contribution is -2.51. The summed E-state index contributed by atoms with van der Waals surface area (Å²) >= 11 is 0. The lowest BCUT2D eigenvalue weighted by molar-refractivity contribution is -0.146. The van der Waals surface area contributed by atoms with Crippen LogP contribution in [0.15, 0.2) is 0 Å². The maximum Gasteiger partial charge on any atom is 0.232 e. The summed E-state index contributed by atoms with van der Waals surface area (Å²) in [7, 11) is 1.69. The molecule has 3 saturated heterocycles. The fraction of sp³-hybridized carbons (Fsp3) is 0.938. The van der Waals surface area contributed by atoms with Crippen LogP contribution in [0, 0.1) is 11.3 Å². The maximum atomic E-state index is 12.9. The van der Waals surface area contributed by atoms with E-state index in [0.717, 1.165) is 52.0 Å². The molecule has 1 amide bonds. The van der Waals surface area contributed by atoms with Crippen molar-refractivity contribution in [3.63, 3.8) is 0 Å². The molecule has 0 aromatic rings. The highest BCUT2D eigenvalue weighted by Gasteiger charge is 2.44. The van der Waals surface area contributed by atoms with Crippen LogP contribution in [-0.2, 0) is 14.3 Å². The van der Waals surface area contributed by atoms with Crippen LogP contribution in [-0.4, -0.2) is 63.4 Å². The predicted octanol–water partition coefficient (Wildman–Crippen LogP) is 1.03. The first-order valence-electron chi connectivity index (χ1n) is 8.36. The van der Waals surface area contributed by atoms with Gasteiger partial charge in [-0.2, -0.15) is 0 Å². The van der Waals surface area contributed by atoms with Crippen molar-refractivity contribution in [3.05, 3.63) is 0 Å². The molecule has 2 atom stereocenters. The number of amides is 1. The van der Waals surface area contributed by atoms with Crippen molar-refractivity contribution in [2.75, 3.05) is 46.5 Å². The number of hydrogen-bond acceptors (Lipinski definition) is 4. The lowest BCUT2D eigenvalue weighted by atomic mass is 9.84. The van der Waals surface area contributed by atoms with Crippen LogP contribution in [0.2, 0.25) is 0 Å². The number of carbonyl (C=O) groups excluding carboxylic acids is 1. The average Bonchev–Trinajstić information content (AvgIpc) is 3.19. The fourth-order valence-corrected chi connectivity index (χ4v) is 4.17. The summed E-state index contributed by atoms with van der Waals surface area (Å²) < 4.78 is 11.1. The lowest BCUT2D eigenvalue weighted by Gasteiger charge is -2.39. The molecule has 3 aliphatic rings. The first kappa shape index (κ1) is 15.3. The van der Waals surface area contributed by atoms with E-state index in [1.54, 1.807) is 7.11 Å². The molecule has 0 saturated carbocycles. The Hall–Kier alpha value is -0.650. The quantitative estimate of drug-likeness (QED) is 0.842. The number of carbonyl (C=O) groups is 1. The molecule has 0 aliphatic carbocycles. The highest BCUT2D eigenvalue weighted by Crippen LogP contribution is 2.33. The van der Waals surface area contributed by atoms with E-state index in [0.29, 0.717) is 24.5 Å². The normalized spacial score (nSPS) is 34.5. The Kier molecular flexibility index (Phi) is 4.82. The number of likely N-dealkylation sites (tertiary alicyclic amines) is 1. The third-order valence-electron chi connectivity index (χ3n) is 5.44. The molecule has 0 spiro atoms. The molecule has 3 aliphatic heterocycles. The van der Waals surface area contributed by atoms with Gasteiger partial charge < -0.3 is 19.7 Å². The Bertz CT molecular complexity index is 355. The van der Waals surface area contributed by atoms with E-state index < -0.39 is 0 Å². The molecule has 3 heterocycles. The van der Waals surface area contributed by atoms with Crippen LogP contribution in [0.4, 0.5) is 0 Å². The van der Waals surface area contributed by atoms with Gasteiger partial charge in [-0.15, -0.1) is 0 Å². The van der Waals surface area contributed by atoms with Crippen LogP contribution in [0.1, 0.15) is 32.1 Å². The molecule has 3 rings (SSSR count). The minimum absolute atomic E-state index is 0.292. The van der Waals surface area contributed by atoms with E-state index in [-0.39, 0.29) is 5.41 Å². The molecule has 0 bridgehead atoms. The zero-order valence-electron chi connectivity index (χ0n) is 13.1. The van der Waals surface area contributed by atoms with Crippen LogP contribution in [0.5, 0.6) is 0 Å². The molecule has 2 unspecified atom stereocenters. The van der Waals surface area contributed by atoms with Crippen LogP contribution >= 0.6 is 0 Å². The smallest absolute Gasteiger partial charge is 0.232 e. The van der Waals surface area contributed by atoms with E-state index in [4.69, 9.17) is 9.47 Å². The Morgan fingerprint density at radius 3 is 2.76 bits per heavy atom. The summed E-state index contributed by atoms with van der Waals surface area (Å²) in [6.07, 6.45) is 5.93. The van der Waals surface area contributed by atoms with E-state index >= 15 is 0 Å². The Morgan fingerprint density at radius 1 is 1.38 bits per heavy atom. The first-order valence-corrected chi connectivity index (χ1v) is 8.36. The van der Waals surface area contributed by atoms with Crippen molar-refractivity contribution in [1.82, 2.24) is 10.2 Å². The predicted molar refractivity (Wildman–Crippen MR) is 80.1 cm³/mol. The summed E-state index contributed by atoms with van der Waals surface area (Å²) in [5.41, 5.74) is -0.328. The third-order valence-corrected chi connectivity index (χ3v) is 5.44. The van der Waals surface area contributed by atoms with Crippen molar-refractivity contribution in [3.8, 4) is 0 Å². The van der Waals surface area contributed by atoms with Crippen LogP contribution in [0.25, 0.3) is 0 Å². The number of methoxy groups -OCH3 is 1. The first-order chi connectivity index (χ1) is 10.2.